The van der Waals surface area contributed by atoms with Crippen LogP contribution in [0.4, 0.5) is 4.79 Å². The second kappa shape index (κ2) is 10.5. The number of rotatable bonds is 5. The van der Waals surface area contributed by atoms with Crippen LogP contribution in [0.15, 0.2) is 24.3 Å². The Hall–Kier alpha value is -2.08. The fourth-order valence-corrected chi connectivity index (χ4v) is 4.46. The molecule has 1 aromatic rings. The molecular formula is C25H39N3O3. The molecule has 0 radical (unpaired) electrons. The first-order valence-electron chi connectivity index (χ1n) is 11.7. The lowest BCUT2D eigenvalue weighted by Crippen LogP contribution is -2.45. The Bertz CT molecular complexity index is 743. The first-order valence-corrected chi connectivity index (χ1v) is 11.7. The molecule has 0 aromatic heterocycles. The molecule has 3 rings (SSSR count). The summed E-state index contributed by atoms with van der Waals surface area (Å²) in [7, 11) is 0. The normalized spacial score (nSPS) is 19.3. The van der Waals surface area contributed by atoms with Gasteiger partial charge in [0.25, 0.3) is 0 Å². The van der Waals surface area contributed by atoms with E-state index in [-0.39, 0.29) is 18.0 Å². The SMILES string of the molecule is Cc1ccccc1CN1CCC(NC(=O)CC2CCN(C(=O)OC(C)(C)C)CC2)CC1. The fourth-order valence-electron chi connectivity index (χ4n) is 4.46. The lowest BCUT2D eigenvalue weighted by atomic mass is 9.93. The number of hydrogen-bond donors (Lipinski definition) is 1. The summed E-state index contributed by atoms with van der Waals surface area (Å²) in [6, 6.07) is 8.84. The molecule has 0 bridgehead atoms. The first-order chi connectivity index (χ1) is 14.7. The summed E-state index contributed by atoms with van der Waals surface area (Å²) in [5.41, 5.74) is 2.27. The number of nitrogens with one attached hydrogen (secondary N) is 1. The number of amides is 2. The van der Waals surface area contributed by atoms with Gasteiger partial charge in [-0.3, -0.25) is 9.69 Å². The molecule has 31 heavy (non-hydrogen) atoms. The van der Waals surface area contributed by atoms with Crippen molar-refractivity contribution >= 4 is 12.0 Å². The van der Waals surface area contributed by atoms with E-state index in [0.717, 1.165) is 45.3 Å². The van der Waals surface area contributed by atoms with Gasteiger partial charge in [0.2, 0.25) is 5.91 Å². The summed E-state index contributed by atoms with van der Waals surface area (Å²) < 4.78 is 5.45. The van der Waals surface area contributed by atoms with Crippen molar-refractivity contribution in [2.45, 2.75) is 78.0 Å². The third-order valence-corrected chi connectivity index (χ3v) is 6.35. The Labute approximate surface area is 187 Å². The number of hydrogen-bond acceptors (Lipinski definition) is 4. The lowest BCUT2D eigenvalue weighted by molar-refractivity contribution is -0.123. The number of benzene rings is 1. The molecule has 6 nitrogen and oxygen atoms in total. The minimum absolute atomic E-state index is 0.160. The number of nitrogens with zero attached hydrogens (tertiary/aromatic N) is 2. The fraction of sp³-hybridized carbons (Fsp3) is 0.680. The van der Waals surface area contributed by atoms with Crippen LogP contribution in [0.5, 0.6) is 0 Å². The van der Waals surface area contributed by atoms with Crippen LogP contribution in [0.2, 0.25) is 0 Å². The zero-order valence-corrected chi connectivity index (χ0v) is 19.7. The van der Waals surface area contributed by atoms with Crippen LogP contribution >= 0.6 is 0 Å². The number of aryl methyl sites for hydroxylation is 1. The zero-order valence-electron chi connectivity index (χ0n) is 19.7. The van der Waals surface area contributed by atoms with Crippen molar-refractivity contribution in [3.63, 3.8) is 0 Å². The molecule has 2 aliphatic rings. The number of carbonyl (C=O) groups excluding carboxylic acids is 2. The van der Waals surface area contributed by atoms with E-state index < -0.39 is 5.60 Å². The topological polar surface area (TPSA) is 61.9 Å². The van der Waals surface area contributed by atoms with Gasteiger partial charge in [-0.2, -0.15) is 0 Å². The molecule has 2 saturated heterocycles. The Kier molecular flexibility index (Phi) is 7.98. The number of likely N-dealkylation sites (tertiary alicyclic amines) is 2. The first kappa shape index (κ1) is 23.6. The van der Waals surface area contributed by atoms with Gasteiger partial charge in [-0.25, -0.2) is 4.79 Å². The molecule has 2 aliphatic heterocycles. The van der Waals surface area contributed by atoms with E-state index in [2.05, 4.69) is 41.4 Å². The van der Waals surface area contributed by atoms with Crippen LogP contribution < -0.4 is 5.32 Å². The molecule has 2 heterocycles. The average Bonchev–Trinajstić information content (AvgIpc) is 2.70. The van der Waals surface area contributed by atoms with E-state index in [4.69, 9.17) is 4.74 Å². The molecule has 0 aliphatic carbocycles. The van der Waals surface area contributed by atoms with E-state index in [1.165, 1.54) is 11.1 Å². The van der Waals surface area contributed by atoms with Crippen LogP contribution in [0.1, 0.15) is 64.0 Å². The Balaban J connectivity index is 1.34. The van der Waals surface area contributed by atoms with Crippen molar-refractivity contribution in [1.82, 2.24) is 15.1 Å². The monoisotopic (exact) mass is 429 g/mol. The standard InChI is InChI=1S/C25H39N3O3/c1-19-7-5-6-8-21(19)18-27-13-11-22(12-14-27)26-23(29)17-20-9-15-28(16-10-20)24(30)31-25(2,3)4/h5-8,20,22H,9-18H2,1-4H3,(H,26,29). The minimum atomic E-state index is -0.469. The van der Waals surface area contributed by atoms with E-state index in [1.807, 2.05) is 20.8 Å². The summed E-state index contributed by atoms with van der Waals surface area (Å²) in [5, 5.41) is 3.26. The summed E-state index contributed by atoms with van der Waals surface area (Å²) in [5.74, 6) is 0.507. The maximum absolute atomic E-state index is 12.6. The quantitative estimate of drug-likeness (QED) is 0.765. The van der Waals surface area contributed by atoms with Crippen LogP contribution in [0, 0.1) is 12.8 Å². The predicted octanol–water partition coefficient (Wildman–Crippen LogP) is 4.11. The molecule has 2 fully saturated rings. The maximum Gasteiger partial charge on any atom is 0.410 e. The second-order valence-corrected chi connectivity index (χ2v) is 10.2. The predicted molar refractivity (Wildman–Crippen MR) is 123 cm³/mol. The Morgan fingerprint density at radius 2 is 1.68 bits per heavy atom. The molecule has 0 spiro atoms. The molecule has 0 saturated carbocycles. The van der Waals surface area contributed by atoms with Crippen molar-refractivity contribution < 1.29 is 14.3 Å². The molecule has 1 aromatic carbocycles. The second-order valence-electron chi connectivity index (χ2n) is 10.2. The van der Waals surface area contributed by atoms with Crippen molar-refractivity contribution in [3.8, 4) is 0 Å². The van der Waals surface area contributed by atoms with E-state index in [9.17, 15) is 9.59 Å². The highest BCUT2D eigenvalue weighted by atomic mass is 16.6. The van der Waals surface area contributed by atoms with Crippen molar-refractivity contribution in [3.05, 3.63) is 35.4 Å². The third-order valence-electron chi connectivity index (χ3n) is 6.35. The van der Waals surface area contributed by atoms with Gasteiger partial charge in [0.1, 0.15) is 5.60 Å². The lowest BCUT2D eigenvalue weighted by Gasteiger charge is -2.34. The molecule has 0 atom stereocenters. The van der Waals surface area contributed by atoms with E-state index in [1.54, 1.807) is 4.90 Å². The number of piperidine rings is 2. The van der Waals surface area contributed by atoms with Gasteiger partial charge in [0.15, 0.2) is 0 Å². The van der Waals surface area contributed by atoms with Crippen LogP contribution in [-0.4, -0.2) is 59.6 Å². The number of ether oxygens (including phenoxy) is 1. The minimum Gasteiger partial charge on any atom is -0.444 e. The van der Waals surface area contributed by atoms with E-state index in [0.29, 0.717) is 25.4 Å². The van der Waals surface area contributed by atoms with Crippen molar-refractivity contribution in [2.24, 2.45) is 5.92 Å². The van der Waals surface area contributed by atoms with Gasteiger partial charge in [-0.1, -0.05) is 24.3 Å². The summed E-state index contributed by atoms with van der Waals surface area (Å²) in [4.78, 5) is 29.0. The molecule has 2 amide bonds. The van der Waals surface area contributed by atoms with Crippen LogP contribution in [-0.2, 0) is 16.1 Å². The van der Waals surface area contributed by atoms with Crippen LogP contribution in [0.25, 0.3) is 0 Å². The molecule has 0 unspecified atom stereocenters. The zero-order chi connectivity index (χ0) is 22.4. The smallest absolute Gasteiger partial charge is 0.410 e. The molecular weight excluding hydrogens is 390 g/mol. The highest BCUT2D eigenvalue weighted by Crippen LogP contribution is 2.23. The molecule has 1 N–H and O–H groups in total. The highest BCUT2D eigenvalue weighted by Gasteiger charge is 2.28. The van der Waals surface area contributed by atoms with Crippen molar-refractivity contribution in [2.75, 3.05) is 26.2 Å². The largest absolute Gasteiger partial charge is 0.444 e. The summed E-state index contributed by atoms with van der Waals surface area (Å²) >= 11 is 0. The third kappa shape index (κ3) is 7.53. The average molecular weight is 430 g/mol. The summed E-state index contributed by atoms with van der Waals surface area (Å²) in [6.07, 6.45) is 4.06. The van der Waals surface area contributed by atoms with Gasteiger partial charge in [-0.05, 0) is 70.4 Å². The maximum atomic E-state index is 12.6. The molecule has 172 valence electrons. The summed E-state index contributed by atoms with van der Waals surface area (Å²) in [6.45, 7) is 12.2. The van der Waals surface area contributed by atoms with Crippen LogP contribution in [0.3, 0.4) is 0 Å². The van der Waals surface area contributed by atoms with Gasteiger partial charge >= 0.3 is 6.09 Å². The van der Waals surface area contributed by atoms with Crippen molar-refractivity contribution in [1.29, 1.82) is 0 Å². The Morgan fingerprint density at radius 1 is 1.03 bits per heavy atom. The van der Waals surface area contributed by atoms with Gasteiger partial charge in [-0.15, -0.1) is 0 Å². The van der Waals surface area contributed by atoms with Gasteiger partial charge in [0.05, 0.1) is 0 Å². The van der Waals surface area contributed by atoms with Gasteiger partial charge < -0.3 is 15.0 Å². The molecule has 6 heteroatoms. The van der Waals surface area contributed by atoms with Gasteiger partial charge in [0, 0.05) is 45.2 Å². The Morgan fingerprint density at radius 3 is 2.29 bits per heavy atom. The number of carbonyl (C=O) groups is 2. The highest BCUT2D eigenvalue weighted by molar-refractivity contribution is 5.76. The van der Waals surface area contributed by atoms with E-state index >= 15 is 0 Å².